The SMILES string of the molecule is Cc1cc(C(=O)C2OC2c2ccc(N3C(=O)C4C5C=CC(C6CC56)C4C3=O)nc2)ccc1Cl. The molecule has 0 N–H and O–H groups in total. The van der Waals surface area contributed by atoms with Crippen molar-refractivity contribution in [2.75, 3.05) is 4.90 Å². The van der Waals surface area contributed by atoms with E-state index in [1.807, 2.05) is 6.92 Å². The van der Waals surface area contributed by atoms with Gasteiger partial charge in [-0.1, -0.05) is 29.8 Å². The van der Waals surface area contributed by atoms with Crippen molar-refractivity contribution in [2.45, 2.75) is 25.6 Å². The molecule has 2 saturated heterocycles. The first-order valence-corrected chi connectivity index (χ1v) is 11.8. The number of ketones is 1. The standard InChI is InChI=1S/C26H21ClN2O4/c1-11-8-12(2-6-18(11)27)22(30)24-23(33-24)13-3-7-19(28-10-13)29-25(31)20-14-4-5-15(17-9-16(14)17)21(20)26(29)32/h2-8,10,14-17,20-21,23-24H,9H2,1H3. The zero-order chi connectivity index (χ0) is 22.6. The van der Waals surface area contributed by atoms with Crippen molar-refractivity contribution in [1.29, 1.82) is 0 Å². The largest absolute Gasteiger partial charge is 0.356 e. The minimum Gasteiger partial charge on any atom is -0.356 e. The summed E-state index contributed by atoms with van der Waals surface area (Å²) in [6.07, 6.45) is 6.12. The number of nitrogens with zero attached hydrogens (tertiary/aromatic N) is 2. The van der Waals surface area contributed by atoms with Crippen LogP contribution in [0.2, 0.25) is 5.02 Å². The van der Waals surface area contributed by atoms with Gasteiger partial charge < -0.3 is 4.74 Å². The van der Waals surface area contributed by atoms with Gasteiger partial charge in [0.15, 0.2) is 11.9 Å². The van der Waals surface area contributed by atoms with Crippen molar-refractivity contribution in [3.8, 4) is 0 Å². The Bertz CT molecular complexity index is 1240. The number of allylic oxidation sites excluding steroid dienone is 2. The summed E-state index contributed by atoms with van der Waals surface area (Å²) in [5.74, 6) is 1.05. The van der Waals surface area contributed by atoms with E-state index in [1.165, 1.54) is 4.90 Å². The summed E-state index contributed by atoms with van der Waals surface area (Å²) < 4.78 is 5.65. The van der Waals surface area contributed by atoms with Crippen LogP contribution in [0.25, 0.3) is 0 Å². The van der Waals surface area contributed by atoms with E-state index in [1.54, 1.807) is 36.5 Å². The van der Waals surface area contributed by atoms with E-state index in [2.05, 4.69) is 17.1 Å². The Hall–Kier alpha value is -2.83. The molecule has 1 aromatic carbocycles. The van der Waals surface area contributed by atoms with Gasteiger partial charge in [0.05, 0.1) is 11.8 Å². The molecule has 7 heteroatoms. The van der Waals surface area contributed by atoms with Crippen LogP contribution in [-0.2, 0) is 14.3 Å². The minimum absolute atomic E-state index is 0.0978. The van der Waals surface area contributed by atoms with Crippen LogP contribution in [0.5, 0.6) is 0 Å². The Kier molecular flexibility index (Phi) is 3.93. The first-order valence-electron chi connectivity index (χ1n) is 11.4. The highest BCUT2D eigenvalue weighted by Gasteiger charge is 2.67. The number of anilines is 1. The molecule has 4 fully saturated rings. The molecule has 2 aromatic rings. The lowest BCUT2D eigenvalue weighted by atomic mass is 9.63. The zero-order valence-corrected chi connectivity index (χ0v) is 18.6. The number of amides is 2. The Balaban J connectivity index is 1.09. The van der Waals surface area contributed by atoms with E-state index in [4.69, 9.17) is 16.3 Å². The second-order valence-corrected chi connectivity index (χ2v) is 10.3. The van der Waals surface area contributed by atoms with E-state index < -0.39 is 6.10 Å². The number of epoxide rings is 1. The second-order valence-electron chi connectivity index (χ2n) is 9.92. The van der Waals surface area contributed by atoms with Gasteiger partial charge in [-0.15, -0.1) is 0 Å². The van der Waals surface area contributed by atoms with Gasteiger partial charge in [-0.05, 0) is 66.8 Å². The van der Waals surface area contributed by atoms with Crippen LogP contribution >= 0.6 is 11.6 Å². The van der Waals surface area contributed by atoms with E-state index in [9.17, 15) is 14.4 Å². The van der Waals surface area contributed by atoms with Crippen LogP contribution in [-0.4, -0.2) is 28.7 Å². The number of Topliss-reactive ketones (excluding diaryl/α,β-unsaturated/α-hetero) is 1. The van der Waals surface area contributed by atoms with Crippen molar-refractivity contribution in [2.24, 2.45) is 35.5 Å². The molecule has 8 atom stereocenters. The molecule has 6 aliphatic rings. The Morgan fingerprint density at radius 2 is 1.76 bits per heavy atom. The lowest BCUT2D eigenvalue weighted by molar-refractivity contribution is -0.124. The number of hydrogen-bond donors (Lipinski definition) is 0. The van der Waals surface area contributed by atoms with Gasteiger partial charge in [0, 0.05) is 22.3 Å². The van der Waals surface area contributed by atoms with Crippen molar-refractivity contribution < 1.29 is 19.1 Å². The normalized spacial score (nSPS) is 37.2. The van der Waals surface area contributed by atoms with Gasteiger partial charge in [-0.25, -0.2) is 9.88 Å². The molecule has 166 valence electrons. The van der Waals surface area contributed by atoms with E-state index >= 15 is 0 Å². The van der Waals surface area contributed by atoms with Crippen LogP contribution in [0.4, 0.5) is 5.82 Å². The van der Waals surface area contributed by atoms with Gasteiger partial charge in [0.25, 0.3) is 0 Å². The lowest BCUT2D eigenvalue weighted by Crippen LogP contribution is -2.40. The molecule has 8 rings (SSSR count). The number of halogens is 1. The van der Waals surface area contributed by atoms with Crippen LogP contribution < -0.4 is 4.90 Å². The quantitative estimate of drug-likeness (QED) is 0.299. The molecule has 2 saturated carbocycles. The molecule has 0 radical (unpaired) electrons. The first kappa shape index (κ1) is 19.6. The van der Waals surface area contributed by atoms with Gasteiger partial charge in [0.2, 0.25) is 11.8 Å². The smallest absolute Gasteiger partial charge is 0.239 e. The first-order chi connectivity index (χ1) is 15.9. The summed E-state index contributed by atoms with van der Waals surface area (Å²) in [7, 11) is 0. The summed E-state index contributed by atoms with van der Waals surface area (Å²) in [4.78, 5) is 45.0. The Morgan fingerprint density at radius 1 is 1.06 bits per heavy atom. The third-order valence-corrected chi connectivity index (χ3v) is 8.61. The maximum absolute atomic E-state index is 13.2. The van der Waals surface area contributed by atoms with Crippen LogP contribution in [0.15, 0.2) is 48.7 Å². The van der Waals surface area contributed by atoms with Crippen molar-refractivity contribution >= 4 is 35.0 Å². The van der Waals surface area contributed by atoms with Gasteiger partial charge in [-0.2, -0.15) is 0 Å². The van der Waals surface area contributed by atoms with Crippen LogP contribution in [0.1, 0.15) is 34.0 Å². The van der Waals surface area contributed by atoms with E-state index in [-0.39, 0.29) is 47.4 Å². The predicted octanol–water partition coefficient (Wildman–Crippen LogP) is 3.92. The summed E-state index contributed by atoms with van der Waals surface area (Å²) in [5, 5.41) is 0.617. The number of hydrogen-bond acceptors (Lipinski definition) is 5. The molecular weight excluding hydrogens is 440 g/mol. The maximum atomic E-state index is 13.2. The molecule has 2 bridgehead atoms. The summed E-state index contributed by atoms with van der Waals surface area (Å²) in [6.45, 7) is 1.86. The van der Waals surface area contributed by atoms with E-state index in [0.29, 0.717) is 28.2 Å². The highest BCUT2D eigenvalue weighted by atomic mass is 35.5. The highest BCUT2D eigenvalue weighted by molar-refractivity contribution is 6.31. The number of aromatic nitrogens is 1. The summed E-state index contributed by atoms with van der Waals surface area (Å²) >= 11 is 6.06. The molecule has 8 unspecified atom stereocenters. The van der Waals surface area contributed by atoms with Crippen LogP contribution in [0.3, 0.4) is 0 Å². The number of pyridine rings is 1. The van der Waals surface area contributed by atoms with Gasteiger partial charge >= 0.3 is 0 Å². The number of imide groups is 1. The molecular formula is C26H21ClN2O4. The molecule has 33 heavy (non-hydrogen) atoms. The average molecular weight is 461 g/mol. The summed E-state index contributed by atoms with van der Waals surface area (Å²) in [6, 6.07) is 8.66. The zero-order valence-electron chi connectivity index (χ0n) is 17.9. The van der Waals surface area contributed by atoms with Crippen molar-refractivity contribution in [3.05, 3.63) is 70.4 Å². The number of aryl methyl sites for hydroxylation is 1. The average Bonchev–Trinajstić information content (AvgIpc) is 3.74. The molecule has 2 amide bonds. The fourth-order valence-corrected chi connectivity index (χ4v) is 6.53. The van der Waals surface area contributed by atoms with Crippen LogP contribution in [0, 0.1) is 42.4 Å². The summed E-state index contributed by atoms with van der Waals surface area (Å²) in [5.41, 5.74) is 2.15. The maximum Gasteiger partial charge on any atom is 0.239 e. The van der Waals surface area contributed by atoms with Crippen molar-refractivity contribution in [1.82, 2.24) is 4.98 Å². The van der Waals surface area contributed by atoms with Gasteiger partial charge in [0.1, 0.15) is 11.9 Å². The third-order valence-electron chi connectivity index (χ3n) is 8.18. The monoisotopic (exact) mass is 460 g/mol. The van der Waals surface area contributed by atoms with Gasteiger partial charge in [-0.3, -0.25) is 14.4 Å². The fraction of sp³-hybridized carbons (Fsp3) is 0.385. The number of ether oxygens (including phenoxy) is 1. The number of rotatable bonds is 4. The third kappa shape index (κ3) is 2.71. The number of carbonyl (C=O) groups excluding carboxylic acids is 3. The fourth-order valence-electron chi connectivity index (χ4n) is 6.41. The number of benzene rings is 1. The molecule has 6 nitrogen and oxygen atoms in total. The Labute approximate surface area is 195 Å². The topological polar surface area (TPSA) is 79.9 Å². The minimum atomic E-state index is -0.565. The highest BCUT2D eigenvalue weighted by Crippen LogP contribution is 2.65. The Morgan fingerprint density at radius 3 is 2.36 bits per heavy atom. The molecule has 4 aliphatic carbocycles. The lowest BCUT2D eigenvalue weighted by Gasteiger charge is -2.37. The molecule has 1 aromatic heterocycles. The molecule has 2 aliphatic heterocycles. The second kappa shape index (κ2) is 6.61. The van der Waals surface area contributed by atoms with E-state index in [0.717, 1.165) is 17.5 Å². The molecule has 0 spiro atoms. The number of carbonyl (C=O) groups is 3. The predicted molar refractivity (Wildman–Crippen MR) is 120 cm³/mol. The van der Waals surface area contributed by atoms with Crippen molar-refractivity contribution in [3.63, 3.8) is 0 Å². The molecule has 3 heterocycles.